The molecule has 2 heterocycles. The lowest BCUT2D eigenvalue weighted by atomic mass is 10.3. The summed E-state index contributed by atoms with van der Waals surface area (Å²) < 4.78 is 6.53. The molecular weight excluding hydrogens is 264 g/mol. The first-order valence-electron chi connectivity index (χ1n) is 5.76. The zero-order valence-electron chi connectivity index (χ0n) is 11.0. The highest BCUT2D eigenvalue weighted by atomic mass is 32.2. The molecule has 0 fully saturated rings. The quantitative estimate of drug-likeness (QED) is 0.483. The number of nitrogens with zero attached hydrogens (tertiary/aromatic N) is 4. The normalized spacial score (nSPS) is 10.5. The summed E-state index contributed by atoms with van der Waals surface area (Å²) in [7, 11) is 0. The molecule has 0 aliphatic rings. The Hall–Kier alpha value is -1.89. The molecule has 19 heavy (non-hydrogen) atoms. The van der Waals surface area contributed by atoms with Gasteiger partial charge in [-0.3, -0.25) is 0 Å². The van der Waals surface area contributed by atoms with E-state index in [-0.39, 0.29) is 5.97 Å². The smallest absolute Gasteiger partial charge is 0.341 e. The van der Waals surface area contributed by atoms with Crippen molar-refractivity contribution in [2.75, 3.05) is 12.9 Å². The van der Waals surface area contributed by atoms with E-state index in [2.05, 4.69) is 15.1 Å². The second-order valence-corrected chi connectivity index (χ2v) is 4.47. The van der Waals surface area contributed by atoms with Gasteiger partial charge in [0, 0.05) is 18.5 Å². The average Bonchev–Trinajstić information content (AvgIpc) is 2.81. The van der Waals surface area contributed by atoms with Crippen molar-refractivity contribution in [3.05, 3.63) is 29.7 Å². The number of carbonyl (C=O) groups is 1. The van der Waals surface area contributed by atoms with Gasteiger partial charge in [0.25, 0.3) is 0 Å². The van der Waals surface area contributed by atoms with Crippen LogP contribution in [0, 0.1) is 6.92 Å². The number of aryl methyl sites for hydroxylation is 1. The van der Waals surface area contributed by atoms with Crippen LogP contribution in [0.2, 0.25) is 0 Å². The van der Waals surface area contributed by atoms with E-state index in [1.54, 1.807) is 37.0 Å². The van der Waals surface area contributed by atoms with Crippen molar-refractivity contribution in [3.63, 3.8) is 0 Å². The van der Waals surface area contributed by atoms with Gasteiger partial charge in [-0.15, -0.1) is 0 Å². The summed E-state index contributed by atoms with van der Waals surface area (Å²) in [5.41, 5.74) is 1.06. The lowest BCUT2D eigenvalue weighted by molar-refractivity contribution is 0.0525. The fraction of sp³-hybridized carbons (Fsp3) is 0.333. The van der Waals surface area contributed by atoms with Crippen LogP contribution in [0.3, 0.4) is 0 Å². The van der Waals surface area contributed by atoms with Crippen LogP contribution in [0.25, 0.3) is 5.82 Å². The third-order valence-corrected chi connectivity index (χ3v) is 2.99. The topological polar surface area (TPSA) is 69.9 Å². The summed E-state index contributed by atoms with van der Waals surface area (Å²) in [5, 5.41) is 4.93. The van der Waals surface area contributed by atoms with Gasteiger partial charge >= 0.3 is 5.97 Å². The first kappa shape index (κ1) is 13.5. The van der Waals surface area contributed by atoms with Gasteiger partial charge in [0.2, 0.25) is 0 Å². The number of aromatic nitrogens is 4. The number of rotatable bonds is 4. The van der Waals surface area contributed by atoms with Crippen molar-refractivity contribution in [1.29, 1.82) is 0 Å². The third kappa shape index (κ3) is 2.93. The average molecular weight is 278 g/mol. The number of thioether (sulfide) groups is 1. The maximum Gasteiger partial charge on any atom is 0.341 e. The van der Waals surface area contributed by atoms with Gasteiger partial charge in [-0.1, -0.05) is 11.8 Å². The highest BCUT2D eigenvalue weighted by Crippen LogP contribution is 2.14. The Labute approximate surface area is 115 Å². The van der Waals surface area contributed by atoms with Gasteiger partial charge in [-0.25, -0.2) is 19.4 Å². The molecule has 0 bridgehead atoms. The zero-order valence-corrected chi connectivity index (χ0v) is 11.8. The van der Waals surface area contributed by atoms with Crippen molar-refractivity contribution in [2.45, 2.75) is 19.0 Å². The highest BCUT2D eigenvalue weighted by molar-refractivity contribution is 7.98. The molecule has 0 aliphatic carbocycles. The van der Waals surface area contributed by atoms with Gasteiger partial charge in [0.1, 0.15) is 5.56 Å². The lowest BCUT2D eigenvalue weighted by Gasteiger charge is -2.01. The molecule has 0 aliphatic heterocycles. The molecule has 0 radical (unpaired) electrons. The number of carbonyl (C=O) groups excluding carboxylic acids is 1. The lowest BCUT2D eigenvalue weighted by Crippen LogP contribution is -2.04. The summed E-state index contributed by atoms with van der Waals surface area (Å²) in [6.45, 7) is 3.87. The van der Waals surface area contributed by atoms with Crippen LogP contribution in [-0.2, 0) is 4.74 Å². The van der Waals surface area contributed by atoms with E-state index in [1.165, 1.54) is 11.8 Å². The summed E-state index contributed by atoms with van der Waals surface area (Å²) in [6, 6.07) is 1.74. The van der Waals surface area contributed by atoms with Gasteiger partial charge in [-0.2, -0.15) is 5.10 Å². The second-order valence-electron chi connectivity index (χ2n) is 3.69. The van der Waals surface area contributed by atoms with Crippen LogP contribution in [0.1, 0.15) is 23.0 Å². The van der Waals surface area contributed by atoms with E-state index >= 15 is 0 Å². The van der Waals surface area contributed by atoms with Crippen LogP contribution in [0.15, 0.2) is 23.6 Å². The molecule has 0 N–H and O–H groups in total. The van der Waals surface area contributed by atoms with E-state index in [0.29, 0.717) is 28.8 Å². The number of hydrogen-bond donors (Lipinski definition) is 0. The fourth-order valence-electron chi connectivity index (χ4n) is 1.54. The number of ether oxygens (including phenoxy) is 1. The summed E-state index contributed by atoms with van der Waals surface area (Å²) in [6.07, 6.45) is 5.19. The van der Waals surface area contributed by atoms with Gasteiger partial charge in [0.15, 0.2) is 11.0 Å². The van der Waals surface area contributed by atoms with Crippen molar-refractivity contribution in [2.24, 2.45) is 0 Å². The first-order valence-corrected chi connectivity index (χ1v) is 6.99. The molecule has 2 aromatic heterocycles. The van der Waals surface area contributed by atoms with Crippen LogP contribution in [-0.4, -0.2) is 38.6 Å². The fourth-order valence-corrected chi connectivity index (χ4v) is 1.90. The standard InChI is InChI=1S/C12H14N4O2S/c1-4-18-11(17)9-7-16(15-8(9)2)10-5-6-13-12(14-10)19-3/h5-7H,4H2,1-3H3. The molecule has 0 atom stereocenters. The van der Waals surface area contributed by atoms with E-state index < -0.39 is 0 Å². The third-order valence-electron chi connectivity index (χ3n) is 2.43. The van der Waals surface area contributed by atoms with E-state index in [9.17, 15) is 4.79 Å². The number of hydrogen-bond acceptors (Lipinski definition) is 6. The van der Waals surface area contributed by atoms with Crippen molar-refractivity contribution < 1.29 is 9.53 Å². The minimum atomic E-state index is -0.370. The highest BCUT2D eigenvalue weighted by Gasteiger charge is 2.15. The Morgan fingerprint density at radius 1 is 1.53 bits per heavy atom. The number of esters is 1. The molecule has 0 saturated carbocycles. The van der Waals surface area contributed by atoms with Crippen LogP contribution < -0.4 is 0 Å². The molecule has 0 saturated heterocycles. The molecule has 6 nitrogen and oxygen atoms in total. The Bertz CT molecular complexity index is 597. The molecule has 0 aromatic carbocycles. The molecule has 100 valence electrons. The van der Waals surface area contributed by atoms with E-state index in [1.807, 2.05) is 6.26 Å². The van der Waals surface area contributed by atoms with Crippen LogP contribution in [0.5, 0.6) is 0 Å². The van der Waals surface area contributed by atoms with Gasteiger partial charge in [0.05, 0.1) is 12.3 Å². The largest absolute Gasteiger partial charge is 0.462 e. The second kappa shape index (κ2) is 5.83. The summed E-state index contributed by atoms with van der Waals surface area (Å²) >= 11 is 1.45. The Kier molecular flexibility index (Phi) is 4.16. The molecule has 0 amide bonds. The minimum Gasteiger partial charge on any atom is -0.462 e. The molecule has 2 aromatic rings. The Morgan fingerprint density at radius 3 is 3.00 bits per heavy atom. The Balaban J connectivity index is 2.36. The minimum absolute atomic E-state index is 0.341. The maximum atomic E-state index is 11.7. The van der Waals surface area contributed by atoms with Crippen molar-refractivity contribution in [1.82, 2.24) is 19.7 Å². The van der Waals surface area contributed by atoms with Gasteiger partial charge in [-0.05, 0) is 20.1 Å². The van der Waals surface area contributed by atoms with Gasteiger partial charge < -0.3 is 4.74 Å². The van der Waals surface area contributed by atoms with Crippen molar-refractivity contribution in [3.8, 4) is 5.82 Å². The summed E-state index contributed by atoms with van der Waals surface area (Å²) in [5.74, 6) is 0.253. The predicted octanol–water partition coefficient (Wildman–Crippen LogP) is 1.87. The first-order chi connectivity index (χ1) is 9.15. The predicted molar refractivity (Wildman–Crippen MR) is 71.6 cm³/mol. The van der Waals surface area contributed by atoms with Crippen LogP contribution >= 0.6 is 11.8 Å². The van der Waals surface area contributed by atoms with E-state index in [0.717, 1.165) is 0 Å². The monoisotopic (exact) mass is 278 g/mol. The summed E-state index contributed by atoms with van der Waals surface area (Å²) in [4.78, 5) is 20.1. The maximum absolute atomic E-state index is 11.7. The van der Waals surface area contributed by atoms with Crippen molar-refractivity contribution >= 4 is 17.7 Å². The molecule has 0 spiro atoms. The molecule has 0 unspecified atom stereocenters. The molecule has 2 rings (SSSR count). The molecular formula is C12H14N4O2S. The van der Waals surface area contributed by atoms with Crippen LogP contribution in [0.4, 0.5) is 0 Å². The Morgan fingerprint density at radius 2 is 2.32 bits per heavy atom. The molecule has 7 heteroatoms. The van der Waals surface area contributed by atoms with E-state index in [4.69, 9.17) is 4.74 Å². The SMILES string of the molecule is CCOC(=O)c1cn(-c2ccnc(SC)n2)nc1C. The zero-order chi connectivity index (χ0) is 13.8.